The van der Waals surface area contributed by atoms with Crippen molar-refractivity contribution in [2.75, 3.05) is 7.05 Å². The van der Waals surface area contributed by atoms with E-state index in [1.807, 2.05) is 20.9 Å². The van der Waals surface area contributed by atoms with Crippen LogP contribution < -0.4 is 10.1 Å². The number of carboxylic acid groups (broad SMARTS) is 1. The number of aliphatic carboxylic acids is 1. The first kappa shape index (κ1) is 15.8. The summed E-state index contributed by atoms with van der Waals surface area (Å²) in [6, 6.07) is 5.25. The van der Waals surface area contributed by atoms with Crippen LogP contribution in [0.25, 0.3) is 0 Å². The molecule has 4 nitrogen and oxygen atoms in total. The average molecular weight is 286 g/mol. The molecular formula is C14H20ClNO3. The maximum absolute atomic E-state index is 11.1. The van der Waals surface area contributed by atoms with E-state index in [2.05, 4.69) is 5.32 Å². The van der Waals surface area contributed by atoms with Gasteiger partial charge in [0.05, 0.1) is 0 Å². The lowest BCUT2D eigenvalue weighted by molar-refractivity contribution is -0.145. The van der Waals surface area contributed by atoms with E-state index in [0.29, 0.717) is 17.2 Å². The molecule has 5 heteroatoms. The van der Waals surface area contributed by atoms with E-state index in [0.717, 1.165) is 12.0 Å². The fraction of sp³-hybridized carbons (Fsp3) is 0.500. The third-order valence-corrected chi connectivity index (χ3v) is 3.20. The monoisotopic (exact) mass is 285 g/mol. The Morgan fingerprint density at radius 3 is 2.74 bits per heavy atom. The predicted octanol–water partition coefficient (Wildman–Crippen LogP) is 3.25. The molecule has 0 heterocycles. The van der Waals surface area contributed by atoms with Gasteiger partial charge in [-0.15, -0.1) is 0 Å². The highest BCUT2D eigenvalue weighted by molar-refractivity contribution is 6.30. The second kappa shape index (κ2) is 7.36. The van der Waals surface area contributed by atoms with Crippen LogP contribution in [0.5, 0.6) is 5.75 Å². The van der Waals surface area contributed by atoms with E-state index in [-0.39, 0.29) is 6.04 Å². The van der Waals surface area contributed by atoms with Crippen molar-refractivity contribution in [2.24, 2.45) is 0 Å². The summed E-state index contributed by atoms with van der Waals surface area (Å²) in [7, 11) is 1.83. The Morgan fingerprint density at radius 1 is 1.53 bits per heavy atom. The lowest BCUT2D eigenvalue weighted by atomic mass is 10.1. The largest absolute Gasteiger partial charge is 0.479 e. The summed E-state index contributed by atoms with van der Waals surface area (Å²) in [6.45, 7) is 3.90. The van der Waals surface area contributed by atoms with Gasteiger partial charge in [0.2, 0.25) is 0 Å². The van der Waals surface area contributed by atoms with Crippen molar-refractivity contribution in [2.45, 2.75) is 38.8 Å². The second-order valence-electron chi connectivity index (χ2n) is 4.43. The lowest BCUT2D eigenvalue weighted by Gasteiger charge is -2.20. The molecule has 106 valence electrons. The Morgan fingerprint density at radius 2 is 2.21 bits per heavy atom. The predicted molar refractivity (Wildman–Crippen MR) is 75.9 cm³/mol. The van der Waals surface area contributed by atoms with Crippen molar-refractivity contribution in [3.8, 4) is 5.75 Å². The van der Waals surface area contributed by atoms with Gasteiger partial charge in [0.25, 0.3) is 0 Å². The van der Waals surface area contributed by atoms with Crippen LogP contribution in [0, 0.1) is 0 Å². The third-order valence-electron chi connectivity index (χ3n) is 2.97. The summed E-state index contributed by atoms with van der Waals surface area (Å²) in [5, 5.41) is 12.8. The van der Waals surface area contributed by atoms with Crippen LogP contribution in [0.4, 0.5) is 0 Å². The summed E-state index contributed by atoms with van der Waals surface area (Å²) in [4.78, 5) is 11.1. The maximum Gasteiger partial charge on any atom is 0.344 e. The van der Waals surface area contributed by atoms with E-state index >= 15 is 0 Å². The summed E-state index contributed by atoms with van der Waals surface area (Å²) in [5.74, 6) is -0.382. The summed E-state index contributed by atoms with van der Waals surface area (Å²) < 4.78 is 5.63. The van der Waals surface area contributed by atoms with Gasteiger partial charge in [-0.05, 0) is 38.6 Å². The number of halogens is 1. The molecule has 0 aliphatic carbocycles. The topological polar surface area (TPSA) is 58.6 Å². The normalized spacial score (nSPS) is 13.9. The Labute approximate surface area is 118 Å². The van der Waals surface area contributed by atoms with Gasteiger partial charge >= 0.3 is 5.97 Å². The van der Waals surface area contributed by atoms with E-state index in [4.69, 9.17) is 21.4 Å². The summed E-state index contributed by atoms with van der Waals surface area (Å²) in [5.41, 5.74) is 0.859. The number of hydrogen-bond donors (Lipinski definition) is 2. The van der Waals surface area contributed by atoms with Gasteiger partial charge in [-0.25, -0.2) is 4.79 Å². The molecule has 0 spiro atoms. The Hall–Kier alpha value is -1.26. The molecule has 2 atom stereocenters. The zero-order chi connectivity index (χ0) is 14.4. The average Bonchev–Trinajstić information content (AvgIpc) is 2.38. The number of carboxylic acids is 1. The fourth-order valence-corrected chi connectivity index (χ4v) is 1.95. The standard InChI is InChI=1S/C14H20ClNO3/c1-4-5-13(14(17)18)19-12-7-6-10(15)8-11(12)9(2)16-3/h6-9,13,16H,4-5H2,1-3H3,(H,17,18). The lowest BCUT2D eigenvalue weighted by Crippen LogP contribution is -2.27. The molecule has 1 aromatic rings. The highest BCUT2D eigenvalue weighted by Gasteiger charge is 2.21. The third kappa shape index (κ3) is 4.40. The minimum absolute atomic E-state index is 0.0322. The Bertz CT molecular complexity index is 437. The molecule has 0 fully saturated rings. The van der Waals surface area contributed by atoms with Gasteiger partial charge in [-0.3, -0.25) is 0 Å². The van der Waals surface area contributed by atoms with Gasteiger partial charge in [0, 0.05) is 16.6 Å². The van der Waals surface area contributed by atoms with Crippen LogP contribution in [0.2, 0.25) is 5.02 Å². The van der Waals surface area contributed by atoms with E-state index < -0.39 is 12.1 Å². The number of ether oxygens (including phenoxy) is 1. The Balaban J connectivity index is 3.01. The molecule has 0 aromatic heterocycles. The number of rotatable bonds is 7. The van der Waals surface area contributed by atoms with E-state index in [1.54, 1.807) is 18.2 Å². The van der Waals surface area contributed by atoms with E-state index in [1.165, 1.54) is 0 Å². The maximum atomic E-state index is 11.1. The highest BCUT2D eigenvalue weighted by atomic mass is 35.5. The first-order valence-corrected chi connectivity index (χ1v) is 6.73. The number of hydrogen-bond acceptors (Lipinski definition) is 3. The molecule has 0 bridgehead atoms. The van der Waals surface area contributed by atoms with Crippen molar-refractivity contribution in [1.82, 2.24) is 5.32 Å². The second-order valence-corrected chi connectivity index (χ2v) is 4.86. The van der Waals surface area contributed by atoms with Gasteiger partial charge in [0.15, 0.2) is 6.10 Å². The van der Waals surface area contributed by atoms with Crippen LogP contribution in [-0.4, -0.2) is 24.2 Å². The van der Waals surface area contributed by atoms with Crippen LogP contribution in [0.1, 0.15) is 38.3 Å². The molecule has 1 aromatic carbocycles. The van der Waals surface area contributed by atoms with Crippen LogP contribution in [-0.2, 0) is 4.79 Å². The molecule has 19 heavy (non-hydrogen) atoms. The molecule has 0 aliphatic rings. The number of benzene rings is 1. The Kier molecular flexibility index (Phi) is 6.12. The smallest absolute Gasteiger partial charge is 0.344 e. The van der Waals surface area contributed by atoms with Crippen molar-refractivity contribution in [1.29, 1.82) is 0 Å². The van der Waals surface area contributed by atoms with Crippen LogP contribution >= 0.6 is 11.6 Å². The zero-order valence-corrected chi connectivity index (χ0v) is 12.2. The quantitative estimate of drug-likeness (QED) is 0.807. The van der Waals surface area contributed by atoms with Crippen LogP contribution in [0.15, 0.2) is 18.2 Å². The first-order chi connectivity index (χ1) is 8.99. The fourth-order valence-electron chi connectivity index (χ4n) is 1.77. The van der Waals surface area contributed by atoms with Crippen molar-refractivity contribution >= 4 is 17.6 Å². The van der Waals surface area contributed by atoms with Crippen LogP contribution in [0.3, 0.4) is 0 Å². The molecule has 0 saturated carbocycles. The first-order valence-electron chi connectivity index (χ1n) is 6.35. The van der Waals surface area contributed by atoms with Crippen molar-refractivity contribution < 1.29 is 14.6 Å². The van der Waals surface area contributed by atoms with Gasteiger partial charge < -0.3 is 15.2 Å². The molecule has 0 saturated heterocycles. The SMILES string of the molecule is CCCC(Oc1ccc(Cl)cc1C(C)NC)C(=O)O. The number of carbonyl (C=O) groups is 1. The van der Waals surface area contributed by atoms with Crippen molar-refractivity contribution in [3.05, 3.63) is 28.8 Å². The van der Waals surface area contributed by atoms with Gasteiger partial charge in [0.1, 0.15) is 5.75 Å². The molecule has 2 N–H and O–H groups in total. The van der Waals surface area contributed by atoms with Gasteiger partial charge in [-0.1, -0.05) is 24.9 Å². The minimum atomic E-state index is -0.945. The molecular weight excluding hydrogens is 266 g/mol. The highest BCUT2D eigenvalue weighted by Crippen LogP contribution is 2.29. The molecule has 1 rings (SSSR count). The summed E-state index contributed by atoms with van der Waals surface area (Å²) in [6.07, 6.45) is 0.404. The molecule has 0 amide bonds. The zero-order valence-electron chi connectivity index (χ0n) is 11.4. The van der Waals surface area contributed by atoms with Crippen molar-refractivity contribution in [3.63, 3.8) is 0 Å². The molecule has 0 aliphatic heterocycles. The molecule has 0 radical (unpaired) electrons. The van der Waals surface area contributed by atoms with Gasteiger partial charge in [-0.2, -0.15) is 0 Å². The minimum Gasteiger partial charge on any atom is -0.479 e. The molecule has 2 unspecified atom stereocenters. The van der Waals surface area contributed by atoms with E-state index in [9.17, 15) is 4.79 Å². The number of nitrogens with one attached hydrogen (secondary N) is 1. The summed E-state index contributed by atoms with van der Waals surface area (Å²) >= 11 is 5.98.